The topological polar surface area (TPSA) is 29.1 Å². The van der Waals surface area contributed by atoms with Crippen molar-refractivity contribution in [1.82, 2.24) is 0 Å². The van der Waals surface area contributed by atoms with E-state index in [1.807, 2.05) is 18.2 Å². The number of halogens is 3. The third-order valence-corrected chi connectivity index (χ3v) is 5.34. The first-order chi connectivity index (χ1) is 13.5. The first-order valence-electron chi connectivity index (χ1n) is 9.05. The van der Waals surface area contributed by atoms with E-state index in [0.29, 0.717) is 15.6 Å². The summed E-state index contributed by atoms with van der Waals surface area (Å²) in [5.41, 5.74) is 3.46. The van der Waals surface area contributed by atoms with Gasteiger partial charge in [-0.3, -0.25) is 4.79 Å². The van der Waals surface area contributed by atoms with Crippen LogP contribution in [0.5, 0.6) is 0 Å². The number of Topliss-reactive ketones (excluding diaryl/α,β-unsaturated/α-hetero) is 1. The molecule has 28 heavy (non-hydrogen) atoms. The summed E-state index contributed by atoms with van der Waals surface area (Å²) in [5, 5.41) is 4.30. The number of carbonyl (C=O) groups excluding carboxylic acids is 1. The van der Waals surface area contributed by atoms with Crippen molar-refractivity contribution in [3.63, 3.8) is 0 Å². The third kappa shape index (κ3) is 5.12. The summed E-state index contributed by atoms with van der Waals surface area (Å²) in [6.45, 7) is 2.10. The molecule has 0 fully saturated rings. The number of hydrogen-bond acceptors (Lipinski definition) is 2. The Morgan fingerprint density at radius 3 is 2.25 bits per heavy atom. The predicted octanol–water partition coefficient (Wildman–Crippen LogP) is 7.12. The predicted molar refractivity (Wildman–Crippen MR) is 114 cm³/mol. The van der Waals surface area contributed by atoms with Gasteiger partial charge in [0.05, 0.1) is 16.1 Å². The summed E-state index contributed by atoms with van der Waals surface area (Å²) in [6, 6.07) is 18.7. The lowest BCUT2D eigenvalue weighted by atomic mass is 9.97. The SMILES string of the molecule is CCc1ccc(NC(CC(=O)c2ccc(F)cc2)c2ccc(Cl)c(Cl)c2)cc1. The van der Waals surface area contributed by atoms with E-state index in [-0.39, 0.29) is 24.1 Å². The van der Waals surface area contributed by atoms with Gasteiger partial charge in [-0.25, -0.2) is 4.39 Å². The molecule has 0 saturated carbocycles. The van der Waals surface area contributed by atoms with Gasteiger partial charge in [-0.15, -0.1) is 0 Å². The molecular formula is C23H20Cl2FNO. The Hall–Kier alpha value is -2.36. The Kier molecular flexibility index (Phi) is 6.71. The second-order valence-electron chi connectivity index (χ2n) is 6.56. The smallest absolute Gasteiger partial charge is 0.165 e. The zero-order chi connectivity index (χ0) is 20.1. The number of nitrogens with one attached hydrogen (secondary N) is 1. The molecule has 0 aliphatic carbocycles. The molecule has 1 unspecified atom stereocenters. The average Bonchev–Trinajstić information content (AvgIpc) is 2.70. The molecule has 0 radical (unpaired) electrons. The third-order valence-electron chi connectivity index (χ3n) is 4.60. The van der Waals surface area contributed by atoms with Crippen molar-refractivity contribution in [1.29, 1.82) is 0 Å². The maximum atomic E-state index is 13.2. The molecule has 0 aromatic heterocycles. The Labute approximate surface area is 174 Å². The molecule has 0 saturated heterocycles. The number of anilines is 1. The highest BCUT2D eigenvalue weighted by atomic mass is 35.5. The molecule has 3 aromatic carbocycles. The van der Waals surface area contributed by atoms with E-state index in [1.165, 1.54) is 29.8 Å². The van der Waals surface area contributed by atoms with Crippen LogP contribution >= 0.6 is 23.2 Å². The van der Waals surface area contributed by atoms with E-state index in [1.54, 1.807) is 12.1 Å². The van der Waals surface area contributed by atoms with E-state index in [4.69, 9.17) is 23.2 Å². The highest BCUT2D eigenvalue weighted by molar-refractivity contribution is 6.42. The van der Waals surface area contributed by atoms with Crippen molar-refractivity contribution in [2.45, 2.75) is 25.8 Å². The van der Waals surface area contributed by atoms with Crippen molar-refractivity contribution in [2.24, 2.45) is 0 Å². The molecule has 0 heterocycles. The van der Waals surface area contributed by atoms with Crippen LogP contribution in [0.1, 0.15) is 40.9 Å². The van der Waals surface area contributed by atoms with Crippen molar-refractivity contribution in [3.8, 4) is 0 Å². The molecule has 3 rings (SSSR count). The number of carbonyl (C=O) groups is 1. The van der Waals surface area contributed by atoms with Crippen LogP contribution in [0.4, 0.5) is 10.1 Å². The van der Waals surface area contributed by atoms with Crippen molar-refractivity contribution in [2.75, 3.05) is 5.32 Å². The van der Waals surface area contributed by atoms with Crippen LogP contribution in [0, 0.1) is 5.82 Å². The highest BCUT2D eigenvalue weighted by Crippen LogP contribution is 2.30. The van der Waals surface area contributed by atoms with Crippen molar-refractivity contribution in [3.05, 3.63) is 99.3 Å². The molecule has 0 bridgehead atoms. The minimum Gasteiger partial charge on any atom is -0.378 e. The van der Waals surface area contributed by atoms with E-state index in [0.717, 1.165) is 17.7 Å². The quantitative estimate of drug-likeness (QED) is 0.416. The molecular weight excluding hydrogens is 396 g/mol. The Bertz CT molecular complexity index is 955. The van der Waals surface area contributed by atoms with Gasteiger partial charge in [-0.1, -0.05) is 48.3 Å². The number of ketones is 1. The molecule has 5 heteroatoms. The molecule has 2 nitrogen and oxygen atoms in total. The number of rotatable bonds is 7. The molecule has 144 valence electrons. The maximum Gasteiger partial charge on any atom is 0.165 e. The van der Waals surface area contributed by atoms with Gasteiger partial charge in [0.1, 0.15) is 5.82 Å². The lowest BCUT2D eigenvalue weighted by Gasteiger charge is -2.21. The summed E-state index contributed by atoms with van der Waals surface area (Å²) in [5.74, 6) is -0.458. The van der Waals surface area contributed by atoms with E-state index in [2.05, 4.69) is 24.4 Å². The minimum atomic E-state index is -0.369. The number of hydrogen-bond donors (Lipinski definition) is 1. The molecule has 0 aliphatic heterocycles. The second-order valence-corrected chi connectivity index (χ2v) is 7.37. The summed E-state index contributed by atoms with van der Waals surface area (Å²) in [4.78, 5) is 12.8. The monoisotopic (exact) mass is 415 g/mol. The molecule has 3 aromatic rings. The first-order valence-corrected chi connectivity index (χ1v) is 9.81. The van der Waals surface area contributed by atoms with Gasteiger partial charge in [0, 0.05) is 17.7 Å². The minimum absolute atomic E-state index is 0.0891. The average molecular weight is 416 g/mol. The zero-order valence-corrected chi connectivity index (χ0v) is 16.9. The van der Waals surface area contributed by atoms with Crippen LogP contribution in [0.2, 0.25) is 10.0 Å². The van der Waals surface area contributed by atoms with Crippen molar-refractivity contribution < 1.29 is 9.18 Å². The van der Waals surface area contributed by atoms with Crippen LogP contribution in [0.3, 0.4) is 0 Å². The largest absolute Gasteiger partial charge is 0.378 e. The van der Waals surface area contributed by atoms with Crippen LogP contribution in [0.25, 0.3) is 0 Å². The Morgan fingerprint density at radius 1 is 0.964 bits per heavy atom. The van der Waals surface area contributed by atoms with Gasteiger partial charge in [-0.05, 0) is 66.1 Å². The fourth-order valence-corrected chi connectivity index (χ4v) is 3.26. The summed E-state index contributed by atoms with van der Waals surface area (Å²) in [6.07, 6.45) is 1.15. The lowest BCUT2D eigenvalue weighted by Crippen LogP contribution is -2.16. The van der Waals surface area contributed by atoms with Crippen LogP contribution in [-0.2, 0) is 6.42 Å². The standard InChI is InChI=1S/C23H20Cl2FNO/c1-2-15-3-10-19(11-4-15)27-22(17-7-12-20(24)21(25)13-17)14-23(28)16-5-8-18(26)9-6-16/h3-13,22,27H,2,14H2,1H3. The van der Waals surface area contributed by atoms with E-state index >= 15 is 0 Å². The van der Waals surface area contributed by atoms with Gasteiger partial charge in [-0.2, -0.15) is 0 Å². The first kappa shape index (κ1) is 20.4. The van der Waals surface area contributed by atoms with Crippen LogP contribution in [-0.4, -0.2) is 5.78 Å². The Morgan fingerprint density at radius 2 is 1.64 bits per heavy atom. The maximum absolute atomic E-state index is 13.2. The fourth-order valence-electron chi connectivity index (χ4n) is 2.96. The van der Waals surface area contributed by atoms with Crippen molar-refractivity contribution >= 4 is 34.7 Å². The molecule has 0 spiro atoms. The van der Waals surface area contributed by atoms with E-state index in [9.17, 15) is 9.18 Å². The summed E-state index contributed by atoms with van der Waals surface area (Å²) >= 11 is 12.2. The van der Waals surface area contributed by atoms with Gasteiger partial charge < -0.3 is 5.32 Å². The molecule has 0 amide bonds. The summed E-state index contributed by atoms with van der Waals surface area (Å²) < 4.78 is 13.2. The Balaban J connectivity index is 1.87. The van der Waals surface area contributed by atoms with Crippen LogP contribution in [0.15, 0.2) is 66.7 Å². The van der Waals surface area contributed by atoms with Crippen LogP contribution < -0.4 is 5.32 Å². The van der Waals surface area contributed by atoms with Gasteiger partial charge in [0.2, 0.25) is 0 Å². The number of benzene rings is 3. The summed E-state index contributed by atoms with van der Waals surface area (Å²) in [7, 11) is 0. The zero-order valence-electron chi connectivity index (χ0n) is 15.4. The van der Waals surface area contributed by atoms with Gasteiger partial charge in [0.15, 0.2) is 5.78 Å². The molecule has 1 atom stereocenters. The molecule has 1 N–H and O–H groups in total. The van der Waals surface area contributed by atoms with Gasteiger partial charge in [0.25, 0.3) is 0 Å². The fraction of sp³-hybridized carbons (Fsp3) is 0.174. The highest BCUT2D eigenvalue weighted by Gasteiger charge is 2.18. The second kappa shape index (κ2) is 9.22. The normalized spacial score (nSPS) is 11.9. The van der Waals surface area contributed by atoms with Gasteiger partial charge >= 0.3 is 0 Å². The number of aryl methyl sites for hydroxylation is 1. The lowest BCUT2D eigenvalue weighted by molar-refractivity contribution is 0.0976. The molecule has 0 aliphatic rings. The van der Waals surface area contributed by atoms with E-state index < -0.39 is 0 Å².